The van der Waals surface area contributed by atoms with Gasteiger partial charge in [0.15, 0.2) is 11.6 Å². The first kappa shape index (κ1) is 31.9. The van der Waals surface area contributed by atoms with Crippen LogP contribution in [0.1, 0.15) is 0 Å². The van der Waals surface area contributed by atoms with Crippen LogP contribution < -0.4 is 0 Å². The maximum atomic E-state index is 5.17. The lowest BCUT2D eigenvalue weighted by Gasteiger charge is -2.12. The van der Waals surface area contributed by atoms with Crippen molar-refractivity contribution >= 4 is 43.6 Å². The molecule has 56 heavy (non-hydrogen) atoms. The van der Waals surface area contributed by atoms with Crippen LogP contribution in [0.25, 0.3) is 100 Å². The molecule has 5 nitrogen and oxygen atoms in total. The molecule has 262 valence electrons. The summed E-state index contributed by atoms with van der Waals surface area (Å²) in [7, 11) is 0. The normalized spacial score (nSPS) is 11.6. The molecule has 0 spiro atoms. The van der Waals surface area contributed by atoms with Gasteiger partial charge in [-0.1, -0.05) is 158 Å². The van der Waals surface area contributed by atoms with Crippen molar-refractivity contribution in [3.05, 3.63) is 200 Å². The first-order valence-electron chi connectivity index (χ1n) is 18.9. The van der Waals surface area contributed by atoms with E-state index in [1.807, 2.05) is 60.7 Å². The standard InChI is InChI=1S/C51H33N5/c1-4-16-34(17-5-1)37-22-14-23-38(30-37)39-24-15-25-40(31-39)55-45-28-12-10-26-41(45)43-33-48-44(32-47(43)55)42-27-11-13-29-46(42)56(48)51-53-49(35-18-6-2-7-19-35)52-50(54-51)36-20-8-3-9-21-36/h1-33H. The number of rotatable bonds is 6. The molecule has 0 aliphatic carbocycles. The van der Waals surface area contributed by atoms with Crippen molar-refractivity contribution in [2.75, 3.05) is 0 Å². The summed E-state index contributed by atoms with van der Waals surface area (Å²) in [6.07, 6.45) is 0. The van der Waals surface area contributed by atoms with Gasteiger partial charge in [-0.15, -0.1) is 0 Å². The molecular formula is C51H33N5. The molecule has 0 saturated carbocycles. The topological polar surface area (TPSA) is 48.5 Å². The van der Waals surface area contributed by atoms with Crippen molar-refractivity contribution in [1.29, 1.82) is 0 Å². The van der Waals surface area contributed by atoms with Gasteiger partial charge in [-0.05, 0) is 64.7 Å². The zero-order chi connectivity index (χ0) is 37.0. The lowest BCUT2D eigenvalue weighted by Crippen LogP contribution is -2.06. The molecule has 0 radical (unpaired) electrons. The maximum Gasteiger partial charge on any atom is 0.238 e. The predicted octanol–water partition coefficient (Wildman–Crippen LogP) is 12.7. The summed E-state index contributed by atoms with van der Waals surface area (Å²) >= 11 is 0. The first-order valence-corrected chi connectivity index (χ1v) is 18.9. The molecule has 0 fully saturated rings. The second kappa shape index (κ2) is 13.0. The quantitative estimate of drug-likeness (QED) is 0.172. The molecule has 0 saturated heterocycles. The van der Waals surface area contributed by atoms with E-state index in [4.69, 9.17) is 15.0 Å². The molecular weight excluding hydrogens is 683 g/mol. The summed E-state index contributed by atoms with van der Waals surface area (Å²) in [5, 5.41) is 4.61. The lowest BCUT2D eigenvalue weighted by molar-refractivity contribution is 0.954. The smallest absolute Gasteiger partial charge is 0.238 e. The van der Waals surface area contributed by atoms with Gasteiger partial charge >= 0.3 is 0 Å². The van der Waals surface area contributed by atoms with E-state index in [9.17, 15) is 0 Å². The zero-order valence-electron chi connectivity index (χ0n) is 30.3. The Balaban J connectivity index is 1.14. The molecule has 0 atom stereocenters. The highest BCUT2D eigenvalue weighted by Gasteiger charge is 2.21. The SMILES string of the molecule is c1ccc(-c2cccc(-c3cccc(-n4c5ccccc5c5cc6c(cc54)c4ccccc4n6-c4nc(-c5ccccc5)nc(-c5ccccc5)n4)c3)c2)cc1. The Hall–Kier alpha value is -7.63. The van der Waals surface area contributed by atoms with E-state index >= 15 is 0 Å². The summed E-state index contributed by atoms with van der Waals surface area (Å²) in [6, 6.07) is 70.5. The fourth-order valence-corrected chi connectivity index (χ4v) is 8.16. The van der Waals surface area contributed by atoms with Crippen molar-refractivity contribution < 1.29 is 0 Å². The number of aromatic nitrogens is 5. The molecule has 3 aromatic heterocycles. The lowest BCUT2D eigenvalue weighted by atomic mass is 9.99. The van der Waals surface area contributed by atoms with Gasteiger partial charge in [0.25, 0.3) is 0 Å². The Bertz CT molecular complexity index is 3180. The third-order valence-electron chi connectivity index (χ3n) is 10.8. The van der Waals surface area contributed by atoms with E-state index in [-0.39, 0.29) is 0 Å². The van der Waals surface area contributed by atoms with Crippen LogP contribution in [0.4, 0.5) is 0 Å². The second-order valence-corrected chi connectivity index (χ2v) is 14.1. The molecule has 0 unspecified atom stereocenters. The highest BCUT2D eigenvalue weighted by Crippen LogP contribution is 2.40. The Morgan fingerprint density at radius 2 is 0.696 bits per heavy atom. The van der Waals surface area contributed by atoms with Crippen molar-refractivity contribution in [2.24, 2.45) is 0 Å². The van der Waals surface area contributed by atoms with Crippen molar-refractivity contribution in [1.82, 2.24) is 24.1 Å². The molecule has 0 aliphatic heterocycles. The van der Waals surface area contributed by atoms with E-state index in [0.29, 0.717) is 17.6 Å². The van der Waals surface area contributed by atoms with Crippen LogP contribution in [-0.2, 0) is 0 Å². The van der Waals surface area contributed by atoms with Crippen LogP contribution in [-0.4, -0.2) is 24.1 Å². The molecule has 8 aromatic carbocycles. The minimum absolute atomic E-state index is 0.581. The van der Waals surface area contributed by atoms with Gasteiger partial charge in [-0.25, -0.2) is 4.98 Å². The molecule has 5 heteroatoms. The number of para-hydroxylation sites is 2. The maximum absolute atomic E-state index is 5.17. The number of fused-ring (bicyclic) bond motifs is 6. The Kier molecular flexibility index (Phi) is 7.42. The first-order chi connectivity index (χ1) is 27.8. The third-order valence-corrected chi connectivity index (χ3v) is 10.8. The van der Waals surface area contributed by atoms with Crippen molar-refractivity contribution in [3.63, 3.8) is 0 Å². The minimum atomic E-state index is 0.581. The molecule has 0 N–H and O–H groups in total. The van der Waals surface area contributed by atoms with Crippen LogP contribution in [0.15, 0.2) is 200 Å². The van der Waals surface area contributed by atoms with E-state index in [2.05, 4.69) is 149 Å². The van der Waals surface area contributed by atoms with Crippen LogP contribution >= 0.6 is 0 Å². The molecule has 11 rings (SSSR count). The number of hydrogen-bond donors (Lipinski definition) is 0. The van der Waals surface area contributed by atoms with E-state index in [1.54, 1.807) is 0 Å². The molecule has 0 aliphatic rings. The highest BCUT2D eigenvalue weighted by atomic mass is 15.2. The van der Waals surface area contributed by atoms with Gasteiger partial charge in [0, 0.05) is 38.4 Å². The van der Waals surface area contributed by atoms with Crippen LogP contribution in [0.2, 0.25) is 0 Å². The number of benzene rings is 8. The van der Waals surface area contributed by atoms with Crippen LogP contribution in [0.5, 0.6) is 0 Å². The third kappa shape index (κ3) is 5.29. The van der Waals surface area contributed by atoms with Gasteiger partial charge in [0.2, 0.25) is 5.95 Å². The monoisotopic (exact) mass is 715 g/mol. The van der Waals surface area contributed by atoms with E-state index in [0.717, 1.165) is 55.0 Å². The van der Waals surface area contributed by atoms with Crippen LogP contribution in [0.3, 0.4) is 0 Å². The summed E-state index contributed by atoms with van der Waals surface area (Å²) in [6.45, 7) is 0. The Labute approximate surface area is 323 Å². The summed E-state index contributed by atoms with van der Waals surface area (Å²) < 4.78 is 4.61. The molecule has 0 amide bonds. The molecule has 0 bridgehead atoms. The highest BCUT2D eigenvalue weighted by molar-refractivity contribution is 6.19. The number of hydrogen-bond acceptors (Lipinski definition) is 3. The minimum Gasteiger partial charge on any atom is -0.309 e. The zero-order valence-corrected chi connectivity index (χ0v) is 30.3. The van der Waals surface area contributed by atoms with Gasteiger partial charge in [0.05, 0.1) is 22.1 Å². The summed E-state index contributed by atoms with van der Waals surface area (Å²) in [5.74, 6) is 1.84. The number of nitrogens with zero attached hydrogens (tertiary/aromatic N) is 5. The average molecular weight is 716 g/mol. The fourth-order valence-electron chi connectivity index (χ4n) is 8.16. The molecule has 11 aromatic rings. The summed E-state index contributed by atoms with van der Waals surface area (Å²) in [5.41, 5.74) is 12.1. The van der Waals surface area contributed by atoms with Gasteiger partial charge in [0.1, 0.15) is 0 Å². The molecule has 3 heterocycles. The van der Waals surface area contributed by atoms with Crippen LogP contribution in [0, 0.1) is 0 Å². The average Bonchev–Trinajstić information content (AvgIpc) is 3.78. The van der Waals surface area contributed by atoms with Gasteiger partial charge in [-0.2, -0.15) is 9.97 Å². The van der Waals surface area contributed by atoms with Crippen molar-refractivity contribution in [3.8, 4) is 56.7 Å². The van der Waals surface area contributed by atoms with Gasteiger partial charge < -0.3 is 4.57 Å². The Morgan fingerprint density at radius 3 is 1.29 bits per heavy atom. The predicted molar refractivity (Wildman–Crippen MR) is 230 cm³/mol. The van der Waals surface area contributed by atoms with Gasteiger partial charge in [-0.3, -0.25) is 4.57 Å². The second-order valence-electron chi connectivity index (χ2n) is 14.1. The summed E-state index contributed by atoms with van der Waals surface area (Å²) in [4.78, 5) is 15.3. The van der Waals surface area contributed by atoms with Crippen molar-refractivity contribution in [2.45, 2.75) is 0 Å². The van der Waals surface area contributed by atoms with E-state index in [1.165, 1.54) is 27.6 Å². The Morgan fingerprint density at radius 1 is 0.268 bits per heavy atom. The van der Waals surface area contributed by atoms with E-state index < -0.39 is 0 Å². The largest absolute Gasteiger partial charge is 0.309 e. The fraction of sp³-hybridized carbons (Fsp3) is 0.